The Bertz CT molecular complexity index is 1600. The number of hydroxylamine groups is 4. The van der Waals surface area contributed by atoms with Gasteiger partial charge in [0.25, 0.3) is 29.5 Å². The van der Waals surface area contributed by atoms with Crippen molar-refractivity contribution >= 4 is 41.4 Å². The topological polar surface area (TPSA) is 302 Å². The van der Waals surface area contributed by atoms with Gasteiger partial charge in [-0.05, 0) is 76.5 Å². The molecule has 348 valence electrons. The van der Waals surface area contributed by atoms with Crippen LogP contribution in [-0.2, 0) is 38.3 Å². The summed E-state index contributed by atoms with van der Waals surface area (Å²) < 4.78 is 5.83. The smallest absolute Gasteiger partial charge is 0.325 e. The van der Waals surface area contributed by atoms with Crippen LogP contribution in [-0.4, -0.2) is 178 Å². The number of hydrogen-bond acceptors (Lipinski definition) is 15. The normalized spacial score (nSPS) is 26.4. The van der Waals surface area contributed by atoms with Crippen molar-refractivity contribution in [3.8, 4) is 0 Å². The molecule has 3 unspecified atom stereocenters. The molecule has 61 heavy (non-hydrogen) atoms. The molecule has 3 fully saturated rings. The van der Waals surface area contributed by atoms with Crippen LogP contribution >= 0.6 is 0 Å². The van der Waals surface area contributed by atoms with E-state index in [0.717, 1.165) is 21.8 Å². The molecule has 0 spiro atoms. The van der Waals surface area contributed by atoms with Crippen molar-refractivity contribution < 1.29 is 69.1 Å². The van der Waals surface area contributed by atoms with Crippen LogP contribution in [0.3, 0.4) is 0 Å². The van der Waals surface area contributed by atoms with E-state index >= 15 is 0 Å². The number of ether oxygens (including phenoxy) is 1. The highest BCUT2D eigenvalue weighted by molar-refractivity contribution is 5.97. The molecule has 22 heteroatoms. The van der Waals surface area contributed by atoms with E-state index in [1.807, 2.05) is 13.8 Å². The number of hydrazine groups is 2. The molecule has 0 radical (unpaired) electrons. The molecule has 0 aromatic carbocycles. The number of aliphatic hydroxyl groups excluding tert-OH is 1. The van der Waals surface area contributed by atoms with Crippen molar-refractivity contribution in [2.75, 3.05) is 26.7 Å². The Morgan fingerprint density at radius 2 is 1.46 bits per heavy atom. The number of aliphatic hydroxyl groups is 3. The standard InChI is InChI=1S/C39H68N8O14/c1-10-28-23(6)15-16-39(58,61-28)38(8,57)37(56)42-30(31(50)22(4)5)36(55)46-26(14-12-18-41-46)35(54)47(60)24(7)32(51)43(9)27(19-21(2)3)34(53)45-25(13-11-17-40-45)33(52)44(59)20-29(48)49/h21-28,30-31,40-41,50,57-60H,10-20H2,1-9H3,(H,42,56)(H,48,49)/t23-,24-,25+,26+,27-,28+,30-,31?,38?,39?/m0/s1. The van der Waals surface area contributed by atoms with Crippen molar-refractivity contribution in [2.45, 2.75) is 161 Å². The fourth-order valence-corrected chi connectivity index (χ4v) is 7.87. The molecule has 22 nitrogen and oxygen atoms in total. The van der Waals surface area contributed by atoms with E-state index < -0.39 is 108 Å². The van der Waals surface area contributed by atoms with Gasteiger partial charge >= 0.3 is 5.97 Å². The summed E-state index contributed by atoms with van der Waals surface area (Å²) in [5.74, 6) is -10.7. The van der Waals surface area contributed by atoms with Gasteiger partial charge in [-0.3, -0.25) is 54.0 Å². The Labute approximate surface area is 356 Å². The Morgan fingerprint density at radius 3 is 1.97 bits per heavy atom. The number of carboxylic acids is 1. The fraction of sp³-hybridized carbons (Fsp3) is 0.821. The zero-order valence-electron chi connectivity index (χ0n) is 36.7. The minimum atomic E-state index is -2.60. The summed E-state index contributed by atoms with van der Waals surface area (Å²) >= 11 is 0. The van der Waals surface area contributed by atoms with Gasteiger partial charge in [0.05, 0.1) is 12.2 Å². The second-order valence-corrected chi connectivity index (χ2v) is 17.4. The number of carbonyl (C=O) groups excluding carboxylic acids is 6. The number of amides is 6. The molecule has 6 amide bonds. The van der Waals surface area contributed by atoms with Gasteiger partial charge in [0.15, 0.2) is 5.60 Å². The first-order chi connectivity index (χ1) is 28.3. The fourth-order valence-electron chi connectivity index (χ4n) is 7.87. The minimum Gasteiger partial charge on any atom is -0.480 e. The molecule has 3 saturated heterocycles. The number of rotatable bonds is 17. The maximum atomic E-state index is 14.3. The summed E-state index contributed by atoms with van der Waals surface area (Å²) in [4.78, 5) is 95.4. The van der Waals surface area contributed by atoms with Crippen molar-refractivity contribution in [2.24, 2.45) is 17.8 Å². The number of aliphatic carboxylic acids is 1. The zero-order valence-corrected chi connectivity index (χ0v) is 36.7. The molecular formula is C39H68N8O14. The number of nitrogens with zero attached hydrogens (tertiary/aromatic N) is 5. The van der Waals surface area contributed by atoms with E-state index in [1.54, 1.807) is 27.7 Å². The third-order valence-corrected chi connectivity index (χ3v) is 11.9. The van der Waals surface area contributed by atoms with Crippen molar-refractivity contribution in [3.63, 3.8) is 0 Å². The highest BCUT2D eigenvalue weighted by Crippen LogP contribution is 2.39. The quantitative estimate of drug-likeness (QED) is 0.0621. The Morgan fingerprint density at radius 1 is 0.918 bits per heavy atom. The van der Waals surface area contributed by atoms with Gasteiger partial charge in [-0.15, -0.1) is 0 Å². The molecular weight excluding hydrogens is 804 g/mol. The predicted molar refractivity (Wildman–Crippen MR) is 213 cm³/mol. The second-order valence-electron chi connectivity index (χ2n) is 17.4. The SMILES string of the molecule is CC[C@H]1OC(O)(C(C)(O)C(=O)N[C@H](C(=O)N2NCCC[C@@H]2C(=O)N(O)[C@@H](C)C(=O)N(C)[C@@H](CC(C)C)C(=O)N2NCCC[C@@H]2C(=O)N(O)CC(=O)O)C(O)C(C)C)CC[C@@H]1C. The summed E-state index contributed by atoms with van der Waals surface area (Å²) in [6.45, 7) is 12.1. The second kappa shape index (κ2) is 21.4. The molecule has 0 aromatic rings. The highest BCUT2D eigenvalue weighted by Gasteiger charge is 2.57. The van der Waals surface area contributed by atoms with Gasteiger partial charge in [-0.1, -0.05) is 41.5 Å². The number of nitrogens with one attached hydrogen (secondary N) is 3. The van der Waals surface area contributed by atoms with Gasteiger partial charge in [0.1, 0.15) is 36.8 Å². The van der Waals surface area contributed by atoms with Crippen LogP contribution in [0.25, 0.3) is 0 Å². The van der Waals surface area contributed by atoms with Crippen molar-refractivity contribution in [3.05, 3.63) is 0 Å². The summed E-state index contributed by atoms with van der Waals surface area (Å²) in [7, 11) is 1.27. The van der Waals surface area contributed by atoms with Gasteiger partial charge in [0.2, 0.25) is 11.7 Å². The van der Waals surface area contributed by atoms with Crippen molar-refractivity contribution in [1.29, 1.82) is 0 Å². The van der Waals surface area contributed by atoms with Gasteiger partial charge in [-0.2, -0.15) is 0 Å². The lowest BCUT2D eigenvalue weighted by atomic mass is 9.82. The monoisotopic (exact) mass is 872 g/mol. The van der Waals surface area contributed by atoms with Gasteiger partial charge < -0.3 is 35.4 Å². The maximum absolute atomic E-state index is 14.3. The summed E-state index contributed by atoms with van der Waals surface area (Å²) in [6.07, 6.45) is -0.403. The van der Waals surface area contributed by atoms with E-state index in [0.29, 0.717) is 25.7 Å². The molecule has 10 atom stereocenters. The molecule has 0 bridgehead atoms. The number of carboxylic acid groups (broad SMARTS) is 1. The van der Waals surface area contributed by atoms with Crippen LogP contribution in [0.5, 0.6) is 0 Å². The van der Waals surface area contributed by atoms with Crippen LogP contribution in [0.1, 0.15) is 107 Å². The summed E-state index contributed by atoms with van der Waals surface area (Å²) in [5.41, 5.74) is 2.99. The minimum absolute atomic E-state index is 0.000245. The van der Waals surface area contributed by atoms with Crippen molar-refractivity contribution in [1.82, 2.24) is 41.2 Å². The van der Waals surface area contributed by atoms with E-state index in [1.165, 1.54) is 14.0 Å². The lowest BCUT2D eigenvalue weighted by molar-refractivity contribution is -0.327. The van der Waals surface area contributed by atoms with Crippen LogP contribution in [0.15, 0.2) is 0 Å². The Balaban J connectivity index is 1.86. The van der Waals surface area contributed by atoms with E-state index in [2.05, 4.69) is 16.2 Å². The van der Waals surface area contributed by atoms with E-state index in [9.17, 15) is 59.3 Å². The number of hydrogen-bond donors (Lipinski definition) is 9. The average molecular weight is 873 g/mol. The lowest BCUT2D eigenvalue weighted by Gasteiger charge is -2.47. The molecule has 0 aliphatic carbocycles. The number of likely N-dealkylation sites (N-methyl/N-ethyl adjacent to an activating group) is 1. The average Bonchev–Trinajstić information content (AvgIpc) is 3.22. The first kappa shape index (κ1) is 51.3. The maximum Gasteiger partial charge on any atom is 0.325 e. The Kier molecular flexibility index (Phi) is 18.0. The first-order valence-corrected chi connectivity index (χ1v) is 21.1. The summed E-state index contributed by atoms with van der Waals surface area (Å²) in [5, 5.41) is 69.0. The van der Waals surface area contributed by atoms with Crippen LogP contribution in [0.4, 0.5) is 0 Å². The largest absolute Gasteiger partial charge is 0.480 e. The molecule has 0 aromatic heterocycles. The first-order valence-electron chi connectivity index (χ1n) is 21.1. The van der Waals surface area contributed by atoms with Gasteiger partial charge in [-0.25, -0.2) is 21.0 Å². The Hall–Kier alpha value is -4.03. The van der Waals surface area contributed by atoms with Crippen LogP contribution in [0.2, 0.25) is 0 Å². The summed E-state index contributed by atoms with van der Waals surface area (Å²) in [6, 6.07) is -7.49. The third-order valence-electron chi connectivity index (χ3n) is 11.9. The highest BCUT2D eigenvalue weighted by atomic mass is 16.6. The van der Waals surface area contributed by atoms with Crippen LogP contribution in [0, 0.1) is 17.8 Å². The molecule has 0 saturated carbocycles. The zero-order chi connectivity index (χ0) is 46.3. The third kappa shape index (κ3) is 11.7. The predicted octanol–water partition coefficient (Wildman–Crippen LogP) is -1.07. The van der Waals surface area contributed by atoms with E-state index in [4.69, 9.17) is 9.84 Å². The molecule has 9 N–H and O–H groups in total. The van der Waals surface area contributed by atoms with Crippen LogP contribution < -0.4 is 16.2 Å². The molecule has 3 rings (SSSR count). The molecule has 3 heterocycles. The van der Waals surface area contributed by atoms with E-state index in [-0.39, 0.29) is 60.7 Å². The number of carbonyl (C=O) groups is 7. The van der Waals surface area contributed by atoms with Gasteiger partial charge in [0, 0.05) is 26.6 Å². The molecule has 3 aliphatic rings. The lowest BCUT2D eigenvalue weighted by Crippen LogP contribution is -2.70. The molecule has 3 aliphatic heterocycles.